The lowest BCUT2D eigenvalue weighted by atomic mass is 10.0. The lowest BCUT2D eigenvalue weighted by molar-refractivity contribution is -0.142. The van der Waals surface area contributed by atoms with Crippen LogP contribution in [0.1, 0.15) is 88.2 Å². The van der Waals surface area contributed by atoms with Crippen LogP contribution >= 0.6 is 0 Å². The second kappa shape index (κ2) is 35.4. The molecule has 28 nitrogen and oxygen atoms in total. The fourth-order valence-electron chi connectivity index (χ4n) is 8.09. The zero-order chi connectivity index (χ0) is 56.7. The molecule has 426 valence electrons. The molecular formula is C48H83N17O11. The molecule has 1 fully saturated rings. The van der Waals surface area contributed by atoms with Crippen LogP contribution in [0.2, 0.25) is 0 Å². The molecule has 28 heteroatoms. The molecule has 0 aromatic heterocycles. The number of nitrogens with two attached hydrogens (primary N) is 8. The minimum Gasteiger partial charge on any atom is -0.477 e. The Labute approximate surface area is 442 Å². The summed E-state index contributed by atoms with van der Waals surface area (Å²) in [6.07, 6.45) is 2.74. The van der Waals surface area contributed by atoms with Gasteiger partial charge < -0.3 is 98.2 Å². The first-order valence-electron chi connectivity index (χ1n) is 25.6. The van der Waals surface area contributed by atoms with Crippen LogP contribution in [0.4, 0.5) is 0 Å². The molecule has 1 aliphatic heterocycles. The van der Waals surface area contributed by atoms with Gasteiger partial charge in [-0.15, -0.1) is 0 Å². The van der Waals surface area contributed by atoms with Gasteiger partial charge in [0.1, 0.15) is 41.9 Å². The number of guanidine groups is 1. The van der Waals surface area contributed by atoms with Crippen molar-refractivity contribution >= 4 is 59.2 Å². The van der Waals surface area contributed by atoms with E-state index in [1.165, 1.54) is 11.0 Å². The second-order valence-corrected chi connectivity index (χ2v) is 18.4. The Kier molecular flexibility index (Phi) is 30.4. The van der Waals surface area contributed by atoms with Crippen molar-refractivity contribution in [2.24, 2.45) is 50.9 Å². The van der Waals surface area contributed by atoms with E-state index in [1.54, 1.807) is 12.1 Å². The normalized spacial score (nSPS) is 16.1. The van der Waals surface area contributed by atoms with Crippen molar-refractivity contribution in [2.45, 2.75) is 139 Å². The quantitative estimate of drug-likeness (QED) is 0.0129. The third-order valence-electron chi connectivity index (χ3n) is 12.2. The molecule has 76 heavy (non-hydrogen) atoms. The van der Waals surface area contributed by atoms with E-state index in [-0.39, 0.29) is 90.0 Å². The number of aliphatic carboxylic acids is 1. The molecular weight excluding hydrogens is 991 g/mol. The lowest BCUT2D eigenvalue weighted by Gasteiger charge is -2.30. The topological polar surface area (TPSA) is 502 Å². The van der Waals surface area contributed by atoms with Gasteiger partial charge in [0.25, 0.3) is 0 Å². The monoisotopic (exact) mass is 1070 g/mol. The van der Waals surface area contributed by atoms with Gasteiger partial charge in [-0.25, -0.2) is 4.79 Å². The van der Waals surface area contributed by atoms with E-state index >= 15 is 0 Å². The Bertz CT molecular complexity index is 2140. The lowest BCUT2D eigenvalue weighted by Crippen LogP contribution is -2.61. The predicted molar refractivity (Wildman–Crippen MR) is 282 cm³/mol. The van der Waals surface area contributed by atoms with Crippen LogP contribution in [0.15, 0.2) is 41.0 Å². The first-order valence-corrected chi connectivity index (χ1v) is 25.6. The van der Waals surface area contributed by atoms with Crippen LogP contribution in [0.5, 0.6) is 0 Å². The highest BCUT2D eigenvalue weighted by Crippen LogP contribution is 2.21. The summed E-state index contributed by atoms with van der Waals surface area (Å²) in [5.41, 5.74) is 46.1. The number of likely N-dealkylation sites (tertiary alicyclic amines) is 1. The number of aliphatic hydroxyl groups is 1. The van der Waals surface area contributed by atoms with Crippen molar-refractivity contribution in [3.8, 4) is 0 Å². The van der Waals surface area contributed by atoms with Gasteiger partial charge in [0.15, 0.2) is 5.96 Å². The van der Waals surface area contributed by atoms with Gasteiger partial charge in [-0.05, 0) is 109 Å². The van der Waals surface area contributed by atoms with Crippen molar-refractivity contribution < 1.29 is 53.4 Å². The Balaban J connectivity index is 2.30. The number of unbranched alkanes of at least 4 members (excludes halogenated alkanes) is 2. The number of amides is 8. The minimum atomic E-state index is -1.60. The van der Waals surface area contributed by atoms with Gasteiger partial charge in [0.2, 0.25) is 47.3 Å². The summed E-state index contributed by atoms with van der Waals surface area (Å²) in [4.78, 5) is 127. The van der Waals surface area contributed by atoms with Crippen LogP contribution < -0.4 is 83.1 Å². The number of aliphatic imine (C=N–C) groups is 1. The maximum atomic E-state index is 14.3. The Hall–Kier alpha value is -6.82. The van der Waals surface area contributed by atoms with Crippen LogP contribution in [0.3, 0.4) is 0 Å². The molecule has 0 bridgehead atoms. The van der Waals surface area contributed by atoms with Crippen molar-refractivity contribution in [3.63, 3.8) is 0 Å². The van der Waals surface area contributed by atoms with Gasteiger partial charge >= 0.3 is 5.97 Å². The highest BCUT2D eigenvalue weighted by Gasteiger charge is 2.40. The van der Waals surface area contributed by atoms with Crippen LogP contribution in [0, 0.1) is 6.92 Å². The number of rotatable bonds is 36. The summed E-state index contributed by atoms with van der Waals surface area (Å²) < 4.78 is 0. The first kappa shape index (κ1) is 65.3. The van der Waals surface area contributed by atoms with Crippen molar-refractivity contribution in [2.75, 3.05) is 52.4 Å². The van der Waals surface area contributed by atoms with E-state index in [0.29, 0.717) is 44.2 Å². The fourth-order valence-corrected chi connectivity index (χ4v) is 8.09. The van der Waals surface area contributed by atoms with Crippen LogP contribution in [0.25, 0.3) is 0 Å². The summed E-state index contributed by atoms with van der Waals surface area (Å²) in [6.45, 7) is 1.58. The highest BCUT2D eigenvalue weighted by molar-refractivity contribution is 5.99. The van der Waals surface area contributed by atoms with Crippen molar-refractivity contribution in [1.29, 1.82) is 0 Å². The maximum Gasteiger partial charge on any atom is 0.352 e. The number of hydrogen-bond acceptors (Lipinski definition) is 17. The molecule has 2 rings (SSSR count). The Morgan fingerprint density at radius 2 is 1.38 bits per heavy atom. The number of aryl methyl sites for hydroxylation is 1. The van der Waals surface area contributed by atoms with E-state index in [4.69, 9.17) is 45.9 Å². The number of nitrogens with zero attached hydrogens (tertiary/aromatic N) is 2. The zero-order valence-corrected chi connectivity index (χ0v) is 43.4. The molecule has 1 aliphatic rings. The fraction of sp³-hybridized carbons (Fsp3) is 0.625. The zero-order valence-electron chi connectivity index (χ0n) is 43.4. The number of carboxylic acids is 1. The summed E-state index contributed by atoms with van der Waals surface area (Å²) in [7, 11) is 0. The van der Waals surface area contributed by atoms with E-state index in [2.05, 4.69) is 42.2 Å². The first-order chi connectivity index (χ1) is 36.2. The molecule has 8 atom stereocenters. The molecule has 0 radical (unpaired) electrons. The van der Waals surface area contributed by atoms with Gasteiger partial charge in [0.05, 0.1) is 18.7 Å². The molecule has 1 saturated heterocycles. The molecule has 25 N–H and O–H groups in total. The Morgan fingerprint density at radius 1 is 0.737 bits per heavy atom. The molecule has 0 unspecified atom stereocenters. The third-order valence-corrected chi connectivity index (χ3v) is 12.2. The summed E-state index contributed by atoms with van der Waals surface area (Å²) in [5.74, 6) is -7.98. The Morgan fingerprint density at radius 3 is 2.00 bits per heavy atom. The van der Waals surface area contributed by atoms with E-state index in [0.717, 1.165) is 5.56 Å². The molecule has 1 aromatic carbocycles. The number of benzene rings is 1. The highest BCUT2D eigenvalue weighted by atomic mass is 16.4. The largest absolute Gasteiger partial charge is 0.477 e. The van der Waals surface area contributed by atoms with E-state index in [1.807, 2.05) is 19.1 Å². The smallest absolute Gasteiger partial charge is 0.352 e. The average molecular weight is 1070 g/mol. The molecule has 0 saturated carbocycles. The third kappa shape index (κ3) is 23.4. The molecule has 0 spiro atoms. The van der Waals surface area contributed by atoms with Gasteiger partial charge in [0, 0.05) is 26.1 Å². The molecule has 8 amide bonds. The number of aliphatic hydroxyl groups excluding tert-OH is 1. The summed E-state index contributed by atoms with van der Waals surface area (Å²) >= 11 is 0. The van der Waals surface area contributed by atoms with Crippen LogP contribution in [-0.4, -0.2) is 175 Å². The SMILES string of the molecule is Cc1cccc(C[C@H](NC(=O)[C@@H]2CCCN2C(=O)[C@@H](CCCN)NC(=O)CNC(=O)[C@H](CCN)NC(=O)[C@@H](NC(=O)[C@@H](N)CCCCN)[C@@H](O)CN)C(=O)N[C@@H](CCCCN)C(=O)N/C(=C\CCN=C(N)N)C(=O)O)c1. The van der Waals surface area contributed by atoms with Gasteiger partial charge in [-0.1, -0.05) is 42.3 Å². The van der Waals surface area contributed by atoms with Gasteiger partial charge in [-0.2, -0.15) is 0 Å². The standard InChI is InChI=1S/C48H83N17O11/c1-28-10-6-11-29(24-28)25-35(43(71)60-31(13-3-5-19-50)42(70)62-34(47(75)76)15-8-22-57-48(55)56)63-44(72)36-16-9-23-65(36)46(74)33(14-7-20-51)59-38(67)27-58-41(69)32(17-21-52)61-45(73)39(37(66)26-53)64-40(68)30(54)12-2-4-18-49/h6,10-11,15,24,30-33,35-37,39,66H,2-5,7-9,12-14,16-23,25-27,49-54H2,1H3,(H,58,69)(H,59,67)(H,60,71)(H,61,73)(H,62,70)(H,63,72)(H,64,68)(H,75,76)(H4,55,56,57)/b34-15-/t30-,31-,32-,33+,35-,36-,37-,39-/m0/s1. The molecule has 1 heterocycles. The van der Waals surface area contributed by atoms with Gasteiger partial charge in [-0.3, -0.25) is 43.3 Å². The second-order valence-electron chi connectivity index (χ2n) is 18.4. The summed E-state index contributed by atoms with van der Waals surface area (Å²) in [5, 5.41) is 38.0. The summed E-state index contributed by atoms with van der Waals surface area (Å²) in [6, 6.07) is -1.70. The number of carbonyl (C=O) groups is 9. The van der Waals surface area contributed by atoms with Crippen molar-refractivity contribution in [3.05, 3.63) is 47.2 Å². The molecule has 1 aromatic rings. The number of carboxylic acid groups (broad SMARTS) is 1. The number of carbonyl (C=O) groups excluding carboxylic acids is 8. The number of nitrogens with one attached hydrogen (secondary N) is 7. The van der Waals surface area contributed by atoms with Crippen molar-refractivity contribution in [1.82, 2.24) is 42.1 Å². The van der Waals surface area contributed by atoms with E-state index in [9.17, 15) is 53.4 Å². The predicted octanol–water partition coefficient (Wildman–Crippen LogP) is -6.19. The maximum absolute atomic E-state index is 14.3. The number of hydrogen-bond donors (Lipinski definition) is 17. The minimum absolute atomic E-state index is 0.0417. The van der Waals surface area contributed by atoms with E-state index < -0.39 is 120 Å². The van der Waals surface area contributed by atoms with Crippen LogP contribution in [-0.2, 0) is 49.6 Å². The molecule has 0 aliphatic carbocycles. The average Bonchev–Trinajstić information content (AvgIpc) is 3.88.